The van der Waals surface area contributed by atoms with Gasteiger partial charge in [0.2, 0.25) is 5.91 Å². The van der Waals surface area contributed by atoms with Crippen LogP contribution in [0.25, 0.3) is 11.1 Å². The molecule has 1 aliphatic rings. The number of amides is 1. The molecule has 0 saturated carbocycles. The Balaban J connectivity index is 1.68. The smallest absolute Gasteiger partial charge is 0.321 e. The second-order valence-electron chi connectivity index (χ2n) is 8.00. The summed E-state index contributed by atoms with van der Waals surface area (Å²) in [7, 11) is 2.86. The zero-order chi connectivity index (χ0) is 23.3. The van der Waals surface area contributed by atoms with Crippen LogP contribution < -0.4 is 10.5 Å². The number of hydrogen-bond acceptors (Lipinski definition) is 6. The average Bonchev–Trinajstić information content (AvgIpc) is 3.06. The number of nitrogens with one attached hydrogen (secondary N) is 1. The summed E-state index contributed by atoms with van der Waals surface area (Å²) < 4.78 is 16.0. The number of likely N-dealkylation sites (tertiary alicyclic amines) is 1. The number of carbonyl (C=O) groups is 2. The van der Waals surface area contributed by atoms with E-state index in [4.69, 9.17) is 25.4 Å². The molecule has 1 aliphatic heterocycles. The maximum atomic E-state index is 12.9. The fourth-order valence-corrected chi connectivity index (χ4v) is 3.95. The molecule has 0 bridgehead atoms. The highest BCUT2D eigenvalue weighted by atomic mass is 16.5. The van der Waals surface area contributed by atoms with Gasteiger partial charge in [-0.25, -0.2) is 0 Å². The van der Waals surface area contributed by atoms with E-state index < -0.39 is 11.4 Å². The highest BCUT2D eigenvalue weighted by Crippen LogP contribution is 2.37. The monoisotopic (exact) mass is 439 g/mol. The highest BCUT2D eigenvalue weighted by molar-refractivity contribution is 6.04. The molecule has 8 nitrogen and oxygen atoms in total. The molecular weight excluding hydrogens is 410 g/mol. The van der Waals surface area contributed by atoms with Gasteiger partial charge < -0.3 is 24.8 Å². The van der Waals surface area contributed by atoms with Gasteiger partial charge in [0.15, 0.2) is 0 Å². The molecule has 2 atom stereocenters. The number of nitrogen functional groups attached to an aromatic ring is 1. The molecule has 0 spiro atoms. The summed E-state index contributed by atoms with van der Waals surface area (Å²) in [5.41, 5.74) is 6.97. The standard InChI is InChI=1S/C24H29N3O5/c1-24(23(29)31-3)14-19(27(22(24)28)12-13-30-2)15-32-20-10-8-17(9-11-20)16-4-6-18(7-5-16)21(25)26/h4-11,19H,12-15H2,1-3H3,(H3,25,26)/t19-,24-/m0/s1. The van der Waals surface area contributed by atoms with Gasteiger partial charge in [-0.2, -0.15) is 0 Å². The van der Waals surface area contributed by atoms with E-state index in [1.165, 1.54) is 7.11 Å². The molecule has 1 saturated heterocycles. The molecule has 170 valence electrons. The van der Waals surface area contributed by atoms with E-state index >= 15 is 0 Å². The minimum atomic E-state index is -1.22. The van der Waals surface area contributed by atoms with Crippen molar-refractivity contribution in [2.45, 2.75) is 19.4 Å². The lowest BCUT2D eigenvalue weighted by Crippen LogP contribution is -2.42. The molecule has 1 heterocycles. The van der Waals surface area contributed by atoms with Crippen LogP contribution in [0.2, 0.25) is 0 Å². The van der Waals surface area contributed by atoms with E-state index in [-0.39, 0.29) is 24.4 Å². The summed E-state index contributed by atoms with van der Waals surface area (Å²) in [4.78, 5) is 26.8. The van der Waals surface area contributed by atoms with Crippen molar-refractivity contribution in [3.05, 3.63) is 54.1 Å². The van der Waals surface area contributed by atoms with E-state index in [1.807, 2.05) is 48.5 Å². The molecule has 2 aromatic rings. The number of hydrogen-bond donors (Lipinski definition) is 2. The van der Waals surface area contributed by atoms with Crippen LogP contribution in [0.1, 0.15) is 18.9 Å². The molecule has 2 aromatic carbocycles. The highest BCUT2D eigenvalue weighted by Gasteiger charge is 2.54. The van der Waals surface area contributed by atoms with Crippen molar-refractivity contribution in [1.29, 1.82) is 5.41 Å². The first kappa shape index (κ1) is 23.3. The van der Waals surface area contributed by atoms with E-state index in [0.29, 0.717) is 30.9 Å². The normalized spacial score (nSPS) is 20.3. The Morgan fingerprint density at radius 2 is 1.72 bits per heavy atom. The topological polar surface area (TPSA) is 115 Å². The average molecular weight is 440 g/mol. The maximum Gasteiger partial charge on any atom is 0.321 e. The van der Waals surface area contributed by atoms with Gasteiger partial charge in [0, 0.05) is 19.2 Å². The van der Waals surface area contributed by atoms with Gasteiger partial charge in [-0.05, 0) is 36.6 Å². The van der Waals surface area contributed by atoms with Crippen molar-refractivity contribution in [3.63, 3.8) is 0 Å². The van der Waals surface area contributed by atoms with Crippen molar-refractivity contribution in [3.8, 4) is 16.9 Å². The maximum absolute atomic E-state index is 12.9. The summed E-state index contributed by atoms with van der Waals surface area (Å²) in [6.45, 7) is 2.63. The van der Waals surface area contributed by atoms with Gasteiger partial charge in [0.25, 0.3) is 0 Å². The van der Waals surface area contributed by atoms with Crippen molar-refractivity contribution < 1.29 is 23.8 Å². The SMILES string of the molecule is COCCN1C(=O)[C@@](C)(C(=O)OC)C[C@H]1COc1ccc(-c2ccc(C(=N)N)cc2)cc1. The van der Waals surface area contributed by atoms with Crippen LogP contribution in [-0.4, -0.2) is 62.6 Å². The van der Waals surface area contributed by atoms with Crippen molar-refractivity contribution in [2.24, 2.45) is 11.1 Å². The third-order valence-electron chi connectivity index (χ3n) is 5.82. The Kier molecular flexibility index (Phi) is 7.15. The second kappa shape index (κ2) is 9.82. The quantitative estimate of drug-likeness (QED) is 0.268. The lowest BCUT2D eigenvalue weighted by atomic mass is 9.87. The summed E-state index contributed by atoms with van der Waals surface area (Å²) in [5.74, 6) is -0.0969. The number of nitrogens with zero attached hydrogens (tertiary/aromatic N) is 1. The Morgan fingerprint density at radius 3 is 2.25 bits per heavy atom. The summed E-state index contributed by atoms with van der Waals surface area (Å²) in [5, 5.41) is 7.48. The van der Waals surface area contributed by atoms with Gasteiger partial charge in [-0.3, -0.25) is 15.0 Å². The first-order valence-electron chi connectivity index (χ1n) is 10.4. The van der Waals surface area contributed by atoms with E-state index in [9.17, 15) is 9.59 Å². The Morgan fingerprint density at radius 1 is 1.12 bits per heavy atom. The van der Waals surface area contributed by atoms with E-state index in [1.54, 1.807) is 18.9 Å². The molecule has 1 amide bonds. The van der Waals surface area contributed by atoms with Crippen LogP contribution in [0, 0.1) is 10.8 Å². The van der Waals surface area contributed by atoms with Crippen LogP contribution in [0.3, 0.4) is 0 Å². The number of ether oxygens (including phenoxy) is 3. The summed E-state index contributed by atoms with van der Waals surface area (Å²) in [6, 6.07) is 14.8. The summed E-state index contributed by atoms with van der Waals surface area (Å²) >= 11 is 0. The number of benzene rings is 2. The predicted molar refractivity (Wildman–Crippen MR) is 121 cm³/mol. The number of nitrogens with two attached hydrogens (primary N) is 1. The van der Waals surface area contributed by atoms with Gasteiger partial charge in [0.05, 0.1) is 19.8 Å². The molecule has 1 fully saturated rings. The van der Waals surface area contributed by atoms with E-state index in [2.05, 4.69) is 0 Å². The fraction of sp³-hybridized carbons (Fsp3) is 0.375. The third kappa shape index (κ3) is 4.75. The van der Waals surface area contributed by atoms with Crippen molar-refractivity contribution in [2.75, 3.05) is 34.0 Å². The number of carbonyl (C=O) groups excluding carboxylic acids is 2. The van der Waals surface area contributed by atoms with Crippen molar-refractivity contribution in [1.82, 2.24) is 4.90 Å². The molecule has 0 aliphatic carbocycles. The predicted octanol–water partition coefficient (Wildman–Crippen LogP) is 2.44. The summed E-state index contributed by atoms with van der Waals surface area (Å²) in [6.07, 6.45) is 0.322. The minimum absolute atomic E-state index is 0.0357. The van der Waals surface area contributed by atoms with Crippen LogP contribution in [0.4, 0.5) is 0 Å². The molecule has 32 heavy (non-hydrogen) atoms. The molecule has 3 rings (SSSR count). The van der Waals surface area contributed by atoms with Crippen LogP contribution in [0.5, 0.6) is 5.75 Å². The largest absolute Gasteiger partial charge is 0.491 e. The molecule has 8 heteroatoms. The molecule has 0 radical (unpaired) electrons. The molecule has 0 aromatic heterocycles. The molecule has 3 N–H and O–H groups in total. The number of esters is 1. The van der Waals surface area contributed by atoms with Crippen molar-refractivity contribution >= 4 is 17.7 Å². The fourth-order valence-electron chi connectivity index (χ4n) is 3.95. The molecule has 0 unspecified atom stereocenters. The first-order chi connectivity index (χ1) is 15.3. The first-order valence-corrected chi connectivity index (χ1v) is 10.4. The zero-order valence-electron chi connectivity index (χ0n) is 18.6. The number of amidine groups is 1. The number of rotatable bonds is 9. The Hall–Kier alpha value is -3.39. The Bertz CT molecular complexity index is 974. The lowest BCUT2D eigenvalue weighted by molar-refractivity contribution is -0.158. The Labute approximate surface area is 187 Å². The van der Waals surface area contributed by atoms with Gasteiger partial charge in [-0.1, -0.05) is 36.4 Å². The van der Waals surface area contributed by atoms with Gasteiger partial charge in [0.1, 0.15) is 23.6 Å². The van der Waals surface area contributed by atoms with Crippen LogP contribution >= 0.6 is 0 Å². The minimum Gasteiger partial charge on any atom is -0.491 e. The second-order valence-corrected chi connectivity index (χ2v) is 8.00. The van der Waals surface area contributed by atoms with Gasteiger partial charge >= 0.3 is 5.97 Å². The van der Waals surface area contributed by atoms with Crippen LogP contribution in [0.15, 0.2) is 48.5 Å². The zero-order valence-corrected chi connectivity index (χ0v) is 18.6. The molecular formula is C24H29N3O5. The van der Waals surface area contributed by atoms with E-state index in [0.717, 1.165) is 11.1 Å². The van der Waals surface area contributed by atoms with Crippen LogP contribution in [-0.2, 0) is 19.1 Å². The lowest BCUT2D eigenvalue weighted by Gasteiger charge is -2.24. The number of methoxy groups -OCH3 is 2. The van der Waals surface area contributed by atoms with Gasteiger partial charge in [-0.15, -0.1) is 0 Å². The third-order valence-corrected chi connectivity index (χ3v) is 5.82.